The van der Waals surface area contributed by atoms with E-state index in [9.17, 15) is 17.6 Å². The molecule has 2 aromatic carbocycles. The summed E-state index contributed by atoms with van der Waals surface area (Å²) in [5, 5.41) is 0.556. The fourth-order valence-corrected chi connectivity index (χ4v) is 6.01. The Labute approximate surface area is 196 Å². The minimum atomic E-state index is -3.60. The molecule has 2 heterocycles. The van der Waals surface area contributed by atoms with Gasteiger partial charge in [0.2, 0.25) is 5.91 Å². The molecule has 0 aliphatic carbocycles. The van der Waals surface area contributed by atoms with Crippen molar-refractivity contribution in [2.24, 2.45) is 0 Å². The Kier molecular flexibility index (Phi) is 7.26. The Morgan fingerprint density at radius 2 is 2.06 bits per heavy atom. The molecule has 7 nitrogen and oxygen atoms in total. The maximum atomic E-state index is 13.2. The zero-order valence-electron chi connectivity index (χ0n) is 18.2. The fourth-order valence-electron chi connectivity index (χ4n) is 3.72. The Hall–Kier alpha value is -2.56. The molecule has 1 unspecified atom stereocenters. The molecule has 10 heteroatoms. The molecule has 1 aromatic heterocycles. The Bertz CT molecular complexity index is 1220. The number of ether oxygens (including phenoxy) is 2. The van der Waals surface area contributed by atoms with E-state index in [1.807, 2.05) is 18.2 Å². The molecule has 0 spiro atoms. The van der Waals surface area contributed by atoms with Crippen LogP contribution in [0, 0.1) is 5.82 Å². The van der Waals surface area contributed by atoms with Crippen molar-refractivity contribution in [1.29, 1.82) is 0 Å². The van der Waals surface area contributed by atoms with E-state index in [4.69, 9.17) is 9.47 Å². The maximum Gasteiger partial charge on any atom is 0.228 e. The van der Waals surface area contributed by atoms with Crippen LogP contribution in [0.25, 0.3) is 10.2 Å². The van der Waals surface area contributed by atoms with Gasteiger partial charge in [-0.1, -0.05) is 11.3 Å². The first-order valence-corrected chi connectivity index (χ1v) is 13.2. The molecule has 176 valence electrons. The molecule has 1 amide bonds. The number of rotatable bonds is 9. The van der Waals surface area contributed by atoms with Crippen LogP contribution in [0.2, 0.25) is 0 Å². The topological polar surface area (TPSA) is 85.8 Å². The van der Waals surface area contributed by atoms with E-state index >= 15 is 0 Å². The second kappa shape index (κ2) is 10.1. The number of halogens is 1. The van der Waals surface area contributed by atoms with Gasteiger partial charge in [-0.3, -0.25) is 9.69 Å². The van der Waals surface area contributed by atoms with Gasteiger partial charge in [-0.2, -0.15) is 0 Å². The van der Waals surface area contributed by atoms with Crippen LogP contribution in [0.15, 0.2) is 47.4 Å². The molecule has 1 fully saturated rings. The van der Waals surface area contributed by atoms with Crippen molar-refractivity contribution in [2.45, 2.75) is 36.7 Å². The quantitative estimate of drug-likeness (QED) is 0.416. The molecule has 0 bridgehead atoms. The molecular weight excluding hydrogens is 467 g/mol. The van der Waals surface area contributed by atoms with Crippen molar-refractivity contribution in [1.82, 2.24) is 4.98 Å². The lowest BCUT2D eigenvalue weighted by atomic mass is 10.2. The van der Waals surface area contributed by atoms with Crippen LogP contribution in [0.3, 0.4) is 0 Å². The smallest absolute Gasteiger partial charge is 0.228 e. The number of sulfone groups is 1. The third kappa shape index (κ3) is 5.69. The lowest BCUT2D eigenvalue weighted by Crippen LogP contribution is -2.37. The van der Waals surface area contributed by atoms with Crippen molar-refractivity contribution in [3.05, 3.63) is 48.3 Å². The average Bonchev–Trinajstić information content (AvgIpc) is 3.46. The summed E-state index contributed by atoms with van der Waals surface area (Å²) < 4.78 is 50.1. The highest BCUT2D eigenvalue weighted by Gasteiger charge is 2.26. The van der Waals surface area contributed by atoms with Gasteiger partial charge in [-0.05, 0) is 55.7 Å². The van der Waals surface area contributed by atoms with E-state index in [-0.39, 0.29) is 35.5 Å². The largest absolute Gasteiger partial charge is 0.497 e. The number of anilines is 1. The Morgan fingerprint density at radius 1 is 1.27 bits per heavy atom. The SMILES string of the molecule is COc1ccc2sc(N(CC3CCCO3)C(=O)CCCS(=O)(=O)c3ccc(F)cc3)nc2c1. The van der Waals surface area contributed by atoms with Crippen LogP contribution < -0.4 is 9.64 Å². The minimum absolute atomic E-state index is 0.0480. The second-order valence-electron chi connectivity index (χ2n) is 7.85. The van der Waals surface area contributed by atoms with E-state index in [2.05, 4.69) is 4.98 Å². The average molecular weight is 493 g/mol. The number of nitrogens with zero attached hydrogens (tertiary/aromatic N) is 2. The van der Waals surface area contributed by atoms with E-state index in [1.54, 1.807) is 12.0 Å². The van der Waals surface area contributed by atoms with Gasteiger partial charge in [-0.15, -0.1) is 0 Å². The molecule has 1 saturated heterocycles. The van der Waals surface area contributed by atoms with E-state index in [1.165, 1.54) is 23.5 Å². The highest BCUT2D eigenvalue weighted by molar-refractivity contribution is 7.91. The number of methoxy groups -OCH3 is 1. The Balaban J connectivity index is 1.48. The molecular formula is C23H25FN2O5S2. The molecule has 0 N–H and O–H groups in total. The third-order valence-electron chi connectivity index (χ3n) is 5.50. The zero-order valence-corrected chi connectivity index (χ0v) is 19.8. The molecule has 33 heavy (non-hydrogen) atoms. The number of carbonyl (C=O) groups is 1. The number of aromatic nitrogens is 1. The zero-order chi connectivity index (χ0) is 23.4. The summed E-state index contributed by atoms with van der Waals surface area (Å²) in [4.78, 5) is 19.5. The number of carbonyl (C=O) groups excluding carboxylic acids is 1. The first-order chi connectivity index (χ1) is 15.9. The van der Waals surface area contributed by atoms with Gasteiger partial charge >= 0.3 is 0 Å². The Morgan fingerprint density at radius 3 is 2.76 bits per heavy atom. The summed E-state index contributed by atoms with van der Waals surface area (Å²) >= 11 is 1.40. The van der Waals surface area contributed by atoms with Crippen LogP contribution in [0.1, 0.15) is 25.7 Å². The predicted molar refractivity (Wildman–Crippen MR) is 125 cm³/mol. The van der Waals surface area contributed by atoms with Crippen molar-refractivity contribution >= 4 is 42.4 Å². The number of benzene rings is 2. The van der Waals surface area contributed by atoms with Gasteiger partial charge in [-0.25, -0.2) is 17.8 Å². The molecule has 1 atom stereocenters. The normalized spacial score (nSPS) is 16.2. The van der Waals surface area contributed by atoms with Crippen LogP contribution in [-0.2, 0) is 19.4 Å². The highest BCUT2D eigenvalue weighted by atomic mass is 32.2. The predicted octanol–water partition coefficient (Wildman–Crippen LogP) is 4.21. The van der Waals surface area contributed by atoms with Gasteiger partial charge in [0.05, 0.1) is 40.6 Å². The number of fused-ring (bicyclic) bond motifs is 1. The van der Waals surface area contributed by atoms with E-state index < -0.39 is 15.7 Å². The van der Waals surface area contributed by atoms with Crippen molar-refractivity contribution in [3.8, 4) is 5.75 Å². The number of hydrogen-bond acceptors (Lipinski definition) is 7. The van der Waals surface area contributed by atoms with Crippen molar-refractivity contribution in [3.63, 3.8) is 0 Å². The van der Waals surface area contributed by atoms with Crippen LogP contribution in [0.5, 0.6) is 5.75 Å². The van der Waals surface area contributed by atoms with Crippen LogP contribution >= 0.6 is 11.3 Å². The van der Waals surface area contributed by atoms with Crippen molar-refractivity contribution < 1.29 is 27.1 Å². The number of thiazole rings is 1. The maximum absolute atomic E-state index is 13.2. The summed E-state index contributed by atoms with van der Waals surface area (Å²) in [7, 11) is -2.02. The summed E-state index contributed by atoms with van der Waals surface area (Å²) in [6.45, 7) is 1.04. The first kappa shape index (κ1) is 23.6. The van der Waals surface area contributed by atoms with Crippen LogP contribution in [0.4, 0.5) is 9.52 Å². The van der Waals surface area contributed by atoms with Gasteiger partial charge < -0.3 is 9.47 Å². The number of amides is 1. The summed E-state index contributed by atoms with van der Waals surface area (Å²) in [6.07, 6.45) is 1.94. The molecule has 0 radical (unpaired) electrons. The van der Waals surface area contributed by atoms with E-state index in [0.29, 0.717) is 24.0 Å². The van der Waals surface area contributed by atoms with Gasteiger partial charge in [0.25, 0.3) is 0 Å². The second-order valence-corrected chi connectivity index (χ2v) is 11.0. The monoisotopic (exact) mass is 492 g/mol. The fraction of sp³-hybridized carbons (Fsp3) is 0.391. The standard InChI is InChI=1S/C23H25FN2O5S2/c1-30-17-8-11-21-20(14-17)25-23(32-21)26(15-18-4-2-12-31-18)22(27)5-3-13-33(28,29)19-9-6-16(24)7-10-19/h6-11,14,18H,2-5,12-13,15H2,1H3. The molecule has 0 saturated carbocycles. The highest BCUT2D eigenvalue weighted by Crippen LogP contribution is 2.32. The van der Waals surface area contributed by atoms with Gasteiger partial charge in [0.1, 0.15) is 11.6 Å². The lowest BCUT2D eigenvalue weighted by Gasteiger charge is -2.23. The summed E-state index contributed by atoms with van der Waals surface area (Å²) in [5.41, 5.74) is 0.735. The third-order valence-corrected chi connectivity index (χ3v) is 8.38. The molecule has 3 aromatic rings. The van der Waals surface area contributed by atoms with Gasteiger partial charge in [0, 0.05) is 19.1 Å². The van der Waals surface area contributed by atoms with Crippen LogP contribution in [-0.4, -0.2) is 51.4 Å². The first-order valence-electron chi connectivity index (χ1n) is 10.7. The molecule has 4 rings (SSSR count). The van der Waals surface area contributed by atoms with Gasteiger partial charge in [0.15, 0.2) is 15.0 Å². The number of hydrogen-bond donors (Lipinski definition) is 0. The molecule has 1 aliphatic heterocycles. The summed E-state index contributed by atoms with van der Waals surface area (Å²) in [5.74, 6) is -0.217. The lowest BCUT2D eigenvalue weighted by molar-refractivity contribution is -0.119. The molecule has 1 aliphatic rings. The minimum Gasteiger partial charge on any atom is -0.497 e. The summed E-state index contributed by atoms with van der Waals surface area (Å²) in [6, 6.07) is 10.3. The van der Waals surface area contributed by atoms with E-state index in [0.717, 1.165) is 35.2 Å². The van der Waals surface area contributed by atoms with Crippen molar-refractivity contribution in [2.75, 3.05) is 30.9 Å².